The van der Waals surface area contributed by atoms with Crippen LogP contribution in [0, 0.1) is 5.92 Å². The van der Waals surface area contributed by atoms with Crippen molar-refractivity contribution in [2.24, 2.45) is 16.6 Å². The van der Waals surface area contributed by atoms with E-state index < -0.39 is 0 Å². The van der Waals surface area contributed by atoms with Crippen LogP contribution in [-0.2, 0) is 4.74 Å². The number of hydrogen-bond acceptors (Lipinski definition) is 2. The Labute approximate surface area is 116 Å². The smallest absolute Gasteiger partial charge is 0.188 e. The molecule has 2 heterocycles. The Morgan fingerprint density at radius 2 is 2.00 bits per heavy atom. The molecule has 19 heavy (non-hydrogen) atoms. The molecular formula is C15H27N3O. The molecule has 3 unspecified atom stereocenters. The average molecular weight is 265 g/mol. The first-order valence-electron chi connectivity index (χ1n) is 8.03. The minimum Gasteiger partial charge on any atom is -0.375 e. The molecule has 108 valence electrons. The largest absolute Gasteiger partial charge is 0.375 e. The molecule has 3 aliphatic rings. The molecule has 3 fully saturated rings. The maximum Gasteiger partial charge on any atom is 0.188 e. The summed E-state index contributed by atoms with van der Waals surface area (Å²) in [4.78, 5) is 4.49. The first-order valence-corrected chi connectivity index (χ1v) is 8.03. The Balaban J connectivity index is 1.37. The van der Waals surface area contributed by atoms with Gasteiger partial charge in [-0.15, -0.1) is 0 Å². The number of nitrogens with zero attached hydrogens (tertiary/aromatic N) is 1. The average Bonchev–Trinajstić information content (AvgIpc) is 3.02. The zero-order valence-corrected chi connectivity index (χ0v) is 11.8. The van der Waals surface area contributed by atoms with Crippen molar-refractivity contribution in [3.05, 3.63) is 0 Å². The fourth-order valence-electron chi connectivity index (χ4n) is 3.90. The number of nitrogens with two attached hydrogens (primary N) is 1. The number of ether oxygens (including phenoxy) is 1. The van der Waals surface area contributed by atoms with E-state index in [1.165, 1.54) is 51.4 Å². The fourth-order valence-corrected chi connectivity index (χ4v) is 3.90. The van der Waals surface area contributed by atoms with Gasteiger partial charge in [0.05, 0.1) is 12.2 Å². The van der Waals surface area contributed by atoms with Gasteiger partial charge in [0, 0.05) is 12.6 Å². The van der Waals surface area contributed by atoms with Crippen LogP contribution in [0.25, 0.3) is 0 Å². The van der Waals surface area contributed by atoms with Crippen molar-refractivity contribution < 1.29 is 4.74 Å². The minimum absolute atomic E-state index is 0.521. The van der Waals surface area contributed by atoms with E-state index in [0.717, 1.165) is 18.9 Å². The third-order valence-corrected chi connectivity index (χ3v) is 4.97. The molecule has 4 nitrogen and oxygen atoms in total. The van der Waals surface area contributed by atoms with Crippen LogP contribution in [0.15, 0.2) is 4.99 Å². The number of guanidine groups is 1. The predicted molar refractivity (Wildman–Crippen MR) is 77.1 cm³/mol. The van der Waals surface area contributed by atoms with Crippen LogP contribution in [0.3, 0.4) is 0 Å². The van der Waals surface area contributed by atoms with Gasteiger partial charge in [0.1, 0.15) is 0 Å². The van der Waals surface area contributed by atoms with Crippen LogP contribution < -0.4 is 11.1 Å². The second-order valence-electron chi connectivity index (χ2n) is 6.40. The lowest BCUT2D eigenvalue weighted by Gasteiger charge is -2.23. The van der Waals surface area contributed by atoms with Crippen LogP contribution in [0.2, 0.25) is 0 Å². The monoisotopic (exact) mass is 265 g/mol. The third kappa shape index (κ3) is 3.41. The zero-order valence-electron chi connectivity index (χ0n) is 11.8. The summed E-state index contributed by atoms with van der Waals surface area (Å²) in [5.74, 6) is 1.38. The molecule has 1 aliphatic carbocycles. The van der Waals surface area contributed by atoms with Gasteiger partial charge in [-0.2, -0.15) is 0 Å². The Morgan fingerprint density at radius 1 is 1.16 bits per heavy atom. The Bertz CT molecular complexity index is 325. The van der Waals surface area contributed by atoms with E-state index >= 15 is 0 Å². The van der Waals surface area contributed by atoms with Gasteiger partial charge in [-0.05, 0) is 44.4 Å². The van der Waals surface area contributed by atoms with E-state index in [1.54, 1.807) is 0 Å². The molecule has 2 bridgehead atoms. The topological polar surface area (TPSA) is 59.6 Å². The molecule has 0 radical (unpaired) electrons. The van der Waals surface area contributed by atoms with Gasteiger partial charge >= 0.3 is 0 Å². The van der Waals surface area contributed by atoms with Crippen LogP contribution >= 0.6 is 0 Å². The van der Waals surface area contributed by atoms with E-state index in [9.17, 15) is 0 Å². The van der Waals surface area contributed by atoms with E-state index in [4.69, 9.17) is 10.5 Å². The summed E-state index contributed by atoms with van der Waals surface area (Å²) in [7, 11) is 0. The molecular weight excluding hydrogens is 238 g/mol. The lowest BCUT2D eigenvalue weighted by molar-refractivity contribution is 0.0916. The van der Waals surface area contributed by atoms with Crippen molar-refractivity contribution in [1.29, 1.82) is 0 Å². The summed E-state index contributed by atoms with van der Waals surface area (Å²) < 4.78 is 5.87. The molecule has 2 saturated heterocycles. The Hall–Kier alpha value is -0.770. The molecule has 0 aromatic rings. The Morgan fingerprint density at radius 3 is 2.68 bits per heavy atom. The van der Waals surface area contributed by atoms with Gasteiger partial charge in [0.25, 0.3) is 0 Å². The van der Waals surface area contributed by atoms with Crippen LogP contribution in [-0.4, -0.2) is 30.8 Å². The third-order valence-electron chi connectivity index (χ3n) is 4.97. The summed E-state index contributed by atoms with van der Waals surface area (Å²) >= 11 is 0. The van der Waals surface area contributed by atoms with Gasteiger partial charge < -0.3 is 15.8 Å². The van der Waals surface area contributed by atoms with Crippen LogP contribution in [0.5, 0.6) is 0 Å². The molecule has 4 heteroatoms. The SMILES string of the molecule is NC(=NCCC1CC2CCC1O2)NC1CCCCC1. The number of rotatable bonds is 4. The summed E-state index contributed by atoms with van der Waals surface area (Å²) in [5, 5.41) is 3.37. The first-order chi connectivity index (χ1) is 9.31. The zero-order chi connectivity index (χ0) is 13.1. The minimum atomic E-state index is 0.521. The molecule has 3 atom stereocenters. The van der Waals surface area contributed by atoms with Crippen molar-refractivity contribution in [2.45, 2.75) is 76.0 Å². The maximum atomic E-state index is 5.97. The number of hydrogen-bond donors (Lipinski definition) is 2. The lowest BCUT2D eigenvalue weighted by atomic mass is 9.87. The molecule has 1 saturated carbocycles. The van der Waals surface area contributed by atoms with Gasteiger partial charge in [-0.25, -0.2) is 0 Å². The number of nitrogens with one attached hydrogen (secondary N) is 1. The first kappa shape index (κ1) is 13.2. The standard InChI is InChI=1S/C15H27N3O/c16-15(18-12-4-2-1-3-5-12)17-9-8-11-10-13-6-7-14(11)19-13/h11-14H,1-10H2,(H3,16,17,18). The molecule has 0 spiro atoms. The highest BCUT2D eigenvalue weighted by Crippen LogP contribution is 2.40. The van der Waals surface area contributed by atoms with Gasteiger partial charge in [-0.3, -0.25) is 4.99 Å². The predicted octanol–water partition coefficient (Wildman–Crippen LogP) is 2.18. The quantitative estimate of drug-likeness (QED) is 0.605. The van der Waals surface area contributed by atoms with E-state index in [-0.39, 0.29) is 0 Å². The van der Waals surface area contributed by atoms with Crippen molar-refractivity contribution in [3.8, 4) is 0 Å². The van der Waals surface area contributed by atoms with Crippen molar-refractivity contribution in [2.75, 3.05) is 6.54 Å². The van der Waals surface area contributed by atoms with Crippen molar-refractivity contribution in [1.82, 2.24) is 5.32 Å². The second kappa shape index (κ2) is 6.12. The van der Waals surface area contributed by atoms with Gasteiger partial charge in [0.15, 0.2) is 5.96 Å². The molecule has 0 aromatic heterocycles. The molecule has 0 amide bonds. The summed E-state index contributed by atoms with van der Waals surface area (Å²) in [6.07, 6.45) is 12.5. The van der Waals surface area contributed by atoms with E-state index in [2.05, 4.69) is 10.3 Å². The van der Waals surface area contributed by atoms with Crippen LogP contribution in [0.1, 0.15) is 57.8 Å². The lowest BCUT2D eigenvalue weighted by Crippen LogP contribution is -2.41. The highest BCUT2D eigenvalue weighted by molar-refractivity contribution is 5.78. The fraction of sp³-hybridized carbons (Fsp3) is 0.933. The summed E-state index contributed by atoms with van der Waals surface area (Å²) in [5.41, 5.74) is 5.97. The van der Waals surface area contributed by atoms with E-state index in [0.29, 0.717) is 24.2 Å². The normalized spacial score (nSPS) is 35.8. The molecule has 0 aromatic carbocycles. The Kier molecular flexibility index (Phi) is 4.26. The summed E-state index contributed by atoms with van der Waals surface area (Å²) in [6.45, 7) is 0.850. The van der Waals surface area contributed by atoms with Crippen molar-refractivity contribution >= 4 is 5.96 Å². The molecule has 3 rings (SSSR count). The molecule has 3 N–H and O–H groups in total. The highest BCUT2D eigenvalue weighted by Gasteiger charge is 2.39. The highest BCUT2D eigenvalue weighted by atomic mass is 16.5. The van der Waals surface area contributed by atoms with Gasteiger partial charge in [0.2, 0.25) is 0 Å². The maximum absolute atomic E-state index is 5.97. The molecule has 2 aliphatic heterocycles. The second-order valence-corrected chi connectivity index (χ2v) is 6.40. The number of fused-ring (bicyclic) bond motifs is 2. The van der Waals surface area contributed by atoms with Crippen molar-refractivity contribution in [3.63, 3.8) is 0 Å². The van der Waals surface area contributed by atoms with E-state index in [1.807, 2.05) is 0 Å². The van der Waals surface area contributed by atoms with Gasteiger partial charge in [-0.1, -0.05) is 19.3 Å². The van der Waals surface area contributed by atoms with Crippen LogP contribution in [0.4, 0.5) is 0 Å². The number of aliphatic imine (C=N–C) groups is 1. The summed E-state index contributed by atoms with van der Waals surface area (Å²) in [6, 6.07) is 0.559.